The van der Waals surface area contributed by atoms with Gasteiger partial charge in [0.2, 0.25) is 5.91 Å². The molecule has 2 fully saturated rings. The molecule has 0 spiro atoms. The van der Waals surface area contributed by atoms with Gasteiger partial charge in [-0.2, -0.15) is 0 Å². The van der Waals surface area contributed by atoms with Gasteiger partial charge in [-0.15, -0.1) is 0 Å². The smallest absolute Gasteiger partial charge is 0.228 e. The van der Waals surface area contributed by atoms with E-state index in [-0.39, 0.29) is 24.0 Å². The van der Waals surface area contributed by atoms with Crippen molar-refractivity contribution in [1.82, 2.24) is 4.90 Å². The molecular weight excluding hydrogens is 288 g/mol. The number of carbonyl (C=O) groups excluding carboxylic acids is 1. The molecule has 4 nitrogen and oxygen atoms in total. The van der Waals surface area contributed by atoms with E-state index in [2.05, 4.69) is 19.1 Å². The summed E-state index contributed by atoms with van der Waals surface area (Å²) in [5, 5.41) is 0. The molecule has 0 saturated carbocycles. The Balaban J connectivity index is 1.74. The first-order valence-corrected chi connectivity index (χ1v) is 8.87. The topological polar surface area (TPSA) is 55.6 Å². The number of benzene rings is 1. The molecule has 2 N–H and O–H groups in total. The van der Waals surface area contributed by atoms with Gasteiger partial charge in [0, 0.05) is 25.7 Å². The van der Waals surface area contributed by atoms with Crippen LogP contribution < -0.4 is 5.73 Å². The standard InChI is InChI=1S/C19H28N2O2/c1-14(20)16-9-5-11-21(13-16)19(22)17-10-6-12-23-18(17)15-7-3-2-4-8-15/h2-4,7-8,14,16-18H,5-6,9-13,20H2,1H3. The number of hydrogen-bond donors (Lipinski definition) is 1. The molecule has 3 rings (SSSR count). The van der Waals surface area contributed by atoms with Crippen LogP contribution in [0.2, 0.25) is 0 Å². The lowest BCUT2D eigenvalue weighted by molar-refractivity contribution is -0.147. The second-order valence-electron chi connectivity index (χ2n) is 7.00. The first kappa shape index (κ1) is 16.5. The number of hydrogen-bond acceptors (Lipinski definition) is 3. The lowest BCUT2D eigenvalue weighted by atomic mass is 9.86. The van der Waals surface area contributed by atoms with Crippen LogP contribution >= 0.6 is 0 Å². The second-order valence-corrected chi connectivity index (χ2v) is 7.00. The van der Waals surface area contributed by atoms with Gasteiger partial charge in [0.15, 0.2) is 0 Å². The monoisotopic (exact) mass is 316 g/mol. The van der Waals surface area contributed by atoms with Gasteiger partial charge in [-0.3, -0.25) is 4.79 Å². The molecule has 0 radical (unpaired) electrons. The lowest BCUT2D eigenvalue weighted by Gasteiger charge is -2.39. The summed E-state index contributed by atoms with van der Waals surface area (Å²) in [5.41, 5.74) is 7.18. The maximum Gasteiger partial charge on any atom is 0.228 e. The van der Waals surface area contributed by atoms with Crippen molar-refractivity contribution in [3.63, 3.8) is 0 Å². The molecule has 4 unspecified atom stereocenters. The van der Waals surface area contributed by atoms with E-state index in [9.17, 15) is 4.79 Å². The maximum absolute atomic E-state index is 13.1. The van der Waals surface area contributed by atoms with Gasteiger partial charge in [0.05, 0.1) is 12.0 Å². The van der Waals surface area contributed by atoms with E-state index in [1.165, 1.54) is 0 Å². The van der Waals surface area contributed by atoms with E-state index in [0.717, 1.165) is 50.9 Å². The van der Waals surface area contributed by atoms with E-state index in [1.54, 1.807) is 0 Å². The Labute approximate surface area is 139 Å². The highest BCUT2D eigenvalue weighted by Crippen LogP contribution is 2.35. The quantitative estimate of drug-likeness (QED) is 0.933. The van der Waals surface area contributed by atoms with E-state index in [1.807, 2.05) is 23.1 Å². The summed E-state index contributed by atoms with van der Waals surface area (Å²) in [6, 6.07) is 10.3. The Morgan fingerprint density at radius 2 is 2.04 bits per heavy atom. The summed E-state index contributed by atoms with van der Waals surface area (Å²) in [4.78, 5) is 15.1. The van der Waals surface area contributed by atoms with Crippen LogP contribution in [0.4, 0.5) is 0 Å². The SMILES string of the molecule is CC(N)C1CCCN(C(=O)C2CCCOC2c2ccccc2)C1. The zero-order valence-electron chi connectivity index (χ0n) is 14.0. The molecule has 2 saturated heterocycles. The van der Waals surface area contributed by atoms with Crippen molar-refractivity contribution in [2.75, 3.05) is 19.7 Å². The predicted octanol–water partition coefficient (Wildman–Crippen LogP) is 2.74. The number of ether oxygens (including phenoxy) is 1. The fourth-order valence-electron chi connectivity index (χ4n) is 3.88. The minimum absolute atomic E-state index is 0.0574. The third kappa shape index (κ3) is 3.75. The molecule has 4 atom stereocenters. The van der Waals surface area contributed by atoms with E-state index >= 15 is 0 Å². The highest BCUT2D eigenvalue weighted by atomic mass is 16.5. The first-order chi connectivity index (χ1) is 11.2. The summed E-state index contributed by atoms with van der Waals surface area (Å²) in [6.07, 6.45) is 3.96. The molecule has 4 heteroatoms. The Morgan fingerprint density at radius 3 is 2.78 bits per heavy atom. The van der Waals surface area contributed by atoms with E-state index in [4.69, 9.17) is 10.5 Å². The van der Waals surface area contributed by atoms with Crippen LogP contribution in [-0.2, 0) is 9.53 Å². The van der Waals surface area contributed by atoms with E-state index < -0.39 is 0 Å². The molecule has 1 aromatic rings. The van der Waals surface area contributed by atoms with Crippen molar-refractivity contribution < 1.29 is 9.53 Å². The van der Waals surface area contributed by atoms with Crippen molar-refractivity contribution in [1.29, 1.82) is 0 Å². The van der Waals surface area contributed by atoms with Gasteiger partial charge in [-0.05, 0) is 44.1 Å². The minimum atomic E-state index is -0.104. The van der Waals surface area contributed by atoms with Crippen LogP contribution in [-0.4, -0.2) is 36.5 Å². The van der Waals surface area contributed by atoms with Gasteiger partial charge in [0.25, 0.3) is 0 Å². The largest absolute Gasteiger partial charge is 0.373 e. The normalized spacial score (nSPS) is 30.0. The van der Waals surface area contributed by atoms with Crippen molar-refractivity contribution in [2.45, 2.75) is 44.8 Å². The molecule has 126 valence electrons. The molecular formula is C19H28N2O2. The Kier molecular flexibility index (Phi) is 5.34. The average Bonchev–Trinajstić information content (AvgIpc) is 2.62. The molecule has 2 aliphatic heterocycles. The lowest BCUT2D eigenvalue weighted by Crippen LogP contribution is -2.48. The molecule has 2 aliphatic rings. The molecule has 23 heavy (non-hydrogen) atoms. The van der Waals surface area contributed by atoms with Crippen molar-refractivity contribution in [3.05, 3.63) is 35.9 Å². The van der Waals surface area contributed by atoms with Crippen LogP contribution in [0.3, 0.4) is 0 Å². The van der Waals surface area contributed by atoms with Gasteiger partial charge >= 0.3 is 0 Å². The predicted molar refractivity (Wildman–Crippen MR) is 90.8 cm³/mol. The number of nitrogens with zero attached hydrogens (tertiary/aromatic N) is 1. The number of piperidine rings is 1. The summed E-state index contributed by atoms with van der Waals surface area (Å²) < 4.78 is 5.99. The Hall–Kier alpha value is -1.39. The zero-order valence-corrected chi connectivity index (χ0v) is 14.0. The molecule has 0 aliphatic carbocycles. The molecule has 0 aromatic heterocycles. The number of amides is 1. The minimum Gasteiger partial charge on any atom is -0.373 e. The molecule has 1 amide bonds. The Bertz CT molecular complexity index is 517. The summed E-state index contributed by atoms with van der Waals surface area (Å²) in [7, 11) is 0. The van der Waals surface area contributed by atoms with Crippen LogP contribution in [0.25, 0.3) is 0 Å². The summed E-state index contributed by atoms with van der Waals surface area (Å²) >= 11 is 0. The third-order valence-corrected chi connectivity index (χ3v) is 5.28. The van der Waals surface area contributed by atoms with Crippen LogP contribution in [0.15, 0.2) is 30.3 Å². The fourth-order valence-corrected chi connectivity index (χ4v) is 3.88. The van der Waals surface area contributed by atoms with Crippen molar-refractivity contribution in [3.8, 4) is 0 Å². The van der Waals surface area contributed by atoms with Crippen molar-refractivity contribution in [2.24, 2.45) is 17.6 Å². The number of rotatable bonds is 3. The van der Waals surface area contributed by atoms with Crippen LogP contribution in [0, 0.1) is 11.8 Å². The van der Waals surface area contributed by atoms with Gasteiger partial charge < -0.3 is 15.4 Å². The van der Waals surface area contributed by atoms with E-state index in [0.29, 0.717) is 5.92 Å². The maximum atomic E-state index is 13.1. The van der Waals surface area contributed by atoms with Crippen LogP contribution in [0.1, 0.15) is 44.3 Å². The average molecular weight is 316 g/mol. The van der Waals surface area contributed by atoms with Gasteiger partial charge in [0.1, 0.15) is 0 Å². The van der Waals surface area contributed by atoms with Gasteiger partial charge in [-0.1, -0.05) is 30.3 Å². The second kappa shape index (κ2) is 7.45. The third-order valence-electron chi connectivity index (χ3n) is 5.28. The fraction of sp³-hybridized carbons (Fsp3) is 0.632. The highest BCUT2D eigenvalue weighted by Gasteiger charge is 2.37. The molecule has 1 aromatic carbocycles. The molecule has 2 heterocycles. The number of nitrogens with two attached hydrogens (primary N) is 1. The van der Waals surface area contributed by atoms with Crippen molar-refractivity contribution >= 4 is 5.91 Å². The zero-order chi connectivity index (χ0) is 16.2. The number of carbonyl (C=O) groups is 1. The highest BCUT2D eigenvalue weighted by molar-refractivity contribution is 5.80. The van der Waals surface area contributed by atoms with Crippen LogP contribution in [0.5, 0.6) is 0 Å². The number of likely N-dealkylation sites (tertiary alicyclic amines) is 1. The first-order valence-electron chi connectivity index (χ1n) is 8.87. The van der Waals surface area contributed by atoms with Gasteiger partial charge in [-0.25, -0.2) is 0 Å². The Morgan fingerprint density at radius 1 is 1.26 bits per heavy atom. The summed E-state index contributed by atoms with van der Waals surface area (Å²) in [6.45, 7) is 4.45. The molecule has 0 bridgehead atoms. The summed E-state index contributed by atoms with van der Waals surface area (Å²) in [5.74, 6) is 0.620.